The van der Waals surface area contributed by atoms with Crippen molar-refractivity contribution in [2.24, 2.45) is 7.05 Å². The fourth-order valence-corrected chi connectivity index (χ4v) is 1.74. The van der Waals surface area contributed by atoms with Gasteiger partial charge in [0.05, 0.1) is 18.0 Å². The van der Waals surface area contributed by atoms with Crippen LogP contribution in [-0.2, 0) is 13.5 Å². The number of hydrogen-bond acceptors (Lipinski definition) is 2. The first-order chi connectivity index (χ1) is 5.29. The van der Waals surface area contributed by atoms with E-state index in [4.69, 9.17) is 0 Å². The van der Waals surface area contributed by atoms with Crippen LogP contribution in [0.25, 0.3) is 0 Å². The molecule has 0 amide bonds. The Kier molecular flexibility index (Phi) is 1.46. The third-order valence-electron chi connectivity index (χ3n) is 2.30. The van der Waals surface area contributed by atoms with Crippen molar-refractivity contribution in [3.8, 4) is 0 Å². The fraction of sp³-hybridized carbons (Fsp3) is 0.625. The predicted molar refractivity (Wildman–Crippen MR) is 41.1 cm³/mol. The molecule has 0 spiro atoms. The van der Waals surface area contributed by atoms with Gasteiger partial charge in [-0.15, -0.1) is 0 Å². The smallest absolute Gasteiger partial charge is 0.0959 e. The molecular weight excluding hydrogens is 140 g/mol. The van der Waals surface area contributed by atoms with Crippen LogP contribution in [0.5, 0.6) is 0 Å². The lowest BCUT2D eigenvalue weighted by atomic mass is 9.96. The summed E-state index contributed by atoms with van der Waals surface area (Å²) < 4.78 is 1.78. The van der Waals surface area contributed by atoms with Crippen LogP contribution in [0.4, 0.5) is 0 Å². The van der Waals surface area contributed by atoms with Crippen molar-refractivity contribution in [2.45, 2.75) is 25.4 Å². The Balaban J connectivity index is 2.48. The van der Waals surface area contributed by atoms with Gasteiger partial charge >= 0.3 is 0 Å². The van der Waals surface area contributed by atoms with Crippen LogP contribution in [-0.4, -0.2) is 14.9 Å². The number of aliphatic hydroxyl groups is 1. The number of rotatable bonds is 0. The second-order valence-corrected chi connectivity index (χ2v) is 3.09. The quantitative estimate of drug-likeness (QED) is 0.597. The summed E-state index contributed by atoms with van der Waals surface area (Å²) in [7, 11) is 1.88. The largest absolute Gasteiger partial charge is 0.387 e. The molecule has 60 valence electrons. The molecule has 0 radical (unpaired) electrons. The highest BCUT2D eigenvalue weighted by Gasteiger charge is 2.21. The Morgan fingerprint density at radius 1 is 1.73 bits per heavy atom. The van der Waals surface area contributed by atoms with Crippen LogP contribution in [0.2, 0.25) is 0 Å². The van der Waals surface area contributed by atoms with Crippen molar-refractivity contribution in [1.82, 2.24) is 9.78 Å². The highest BCUT2D eigenvalue weighted by molar-refractivity contribution is 5.22. The summed E-state index contributed by atoms with van der Waals surface area (Å²) in [5.41, 5.74) is 2.22. The van der Waals surface area contributed by atoms with Gasteiger partial charge in [0.1, 0.15) is 0 Å². The van der Waals surface area contributed by atoms with E-state index in [-0.39, 0.29) is 6.10 Å². The third kappa shape index (κ3) is 0.959. The summed E-state index contributed by atoms with van der Waals surface area (Å²) in [5, 5.41) is 13.7. The molecule has 0 aromatic carbocycles. The van der Waals surface area contributed by atoms with Gasteiger partial charge in [0.25, 0.3) is 0 Å². The van der Waals surface area contributed by atoms with Crippen molar-refractivity contribution < 1.29 is 5.11 Å². The van der Waals surface area contributed by atoms with Crippen molar-refractivity contribution in [3.05, 3.63) is 17.5 Å². The van der Waals surface area contributed by atoms with Gasteiger partial charge < -0.3 is 5.11 Å². The standard InChI is InChI=1S/C8H12N2O/c1-10-8-6(5-9-10)3-2-4-7(8)11/h5,7,11H,2-4H2,1H3. The molecule has 1 aliphatic carbocycles. The summed E-state index contributed by atoms with van der Waals surface area (Å²) in [6, 6.07) is 0. The number of hydrogen-bond donors (Lipinski definition) is 1. The van der Waals surface area contributed by atoms with Gasteiger partial charge in [0.2, 0.25) is 0 Å². The van der Waals surface area contributed by atoms with Gasteiger partial charge in [0.15, 0.2) is 0 Å². The second kappa shape index (κ2) is 2.34. The summed E-state index contributed by atoms with van der Waals surface area (Å²) in [6.45, 7) is 0. The van der Waals surface area contributed by atoms with Gasteiger partial charge in [-0.05, 0) is 24.8 Å². The van der Waals surface area contributed by atoms with Crippen LogP contribution >= 0.6 is 0 Å². The average molecular weight is 152 g/mol. The Hall–Kier alpha value is -0.830. The maximum Gasteiger partial charge on any atom is 0.0959 e. The fourth-order valence-electron chi connectivity index (χ4n) is 1.74. The van der Waals surface area contributed by atoms with E-state index in [0.29, 0.717) is 0 Å². The lowest BCUT2D eigenvalue weighted by Crippen LogP contribution is -2.11. The summed E-state index contributed by atoms with van der Waals surface area (Å²) in [4.78, 5) is 0. The average Bonchev–Trinajstić information content (AvgIpc) is 2.34. The van der Waals surface area contributed by atoms with E-state index >= 15 is 0 Å². The minimum Gasteiger partial charge on any atom is -0.387 e. The van der Waals surface area contributed by atoms with Gasteiger partial charge in [-0.3, -0.25) is 4.68 Å². The van der Waals surface area contributed by atoms with Crippen molar-refractivity contribution in [2.75, 3.05) is 0 Å². The highest BCUT2D eigenvalue weighted by Crippen LogP contribution is 2.28. The normalized spacial score (nSPS) is 23.3. The van der Waals surface area contributed by atoms with Crippen LogP contribution < -0.4 is 0 Å². The van der Waals surface area contributed by atoms with E-state index in [1.54, 1.807) is 4.68 Å². The molecule has 1 unspecified atom stereocenters. The minimum atomic E-state index is -0.286. The Morgan fingerprint density at radius 2 is 2.55 bits per heavy atom. The van der Waals surface area contributed by atoms with Crippen LogP contribution in [0.3, 0.4) is 0 Å². The van der Waals surface area contributed by atoms with Gasteiger partial charge in [0, 0.05) is 7.05 Å². The zero-order valence-electron chi connectivity index (χ0n) is 6.62. The summed E-state index contributed by atoms with van der Waals surface area (Å²) in [6.07, 6.45) is 4.61. The predicted octanol–water partition coefficient (Wildman–Crippen LogP) is 0.790. The maximum atomic E-state index is 9.57. The molecule has 1 aromatic heterocycles. The molecule has 3 heteroatoms. The molecule has 3 nitrogen and oxygen atoms in total. The monoisotopic (exact) mass is 152 g/mol. The molecule has 0 saturated carbocycles. The van der Waals surface area contributed by atoms with Crippen molar-refractivity contribution >= 4 is 0 Å². The number of aromatic nitrogens is 2. The van der Waals surface area contributed by atoms with Gasteiger partial charge in [-0.1, -0.05) is 0 Å². The minimum absolute atomic E-state index is 0.286. The van der Waals surface area contributed by atoms with E-state index in [2.05, 4.69) is 5.10 Å². The number of aryl methyl sites for hydroxylation is 2. The Labute approximate surface area is 65.7 Å². The first-order valence-corrected chi connectivity index (χ1v) is 3.98. The van der Waals surface area contributed by atoms with E-state index < -0.39 is 0 Å². The SMILES string of the molecule is Cn1ncc2c1C(O)CCC2. The molecule has 1 aromatic rings. The number of nitrogens with zero attached hydrogens (tertiary/aromatic N) is 2. The van der Waals surface area contributed by atoms with Crippen LogP contribution in [0, 0.1) is 0 Å². The Morgan fingerprint density at radius 3 is 3.27 bits per heavy atom. The summed E-state index contributed by atoms with van der Waals surface area (Å²) >= 11 is 0. The molecule has 0 fully saturated rings. The van der Waals surface area contributed by atoms with E-state index in [0.717, 1.165) is 25.0 Å². The van der Waals surface area contributed by atoms with E-state index in [9.17, 15) is 5.11 Å². The van der Waals surface area contributed by atoms with E-state index in [1.165, 1.54) is 5.56 Å². The first-order valence-electron chi connectivity index (χ1n) is 3.98. The number of aliphatic hydroxyl groups excluding tert-OH is 1. The lowest BCUT2D eigenvalue weighted by Gasteiger charge is -2.17. The topological polar surface area (TPSA) is 38.0 Å². The van der Waals surface area contributed by atoms with E-state index in [1.807, 2.05) is 13.2 Å². The maximum absolute atomic E-state index is 9.57. The van der Waals surface area contributed by atoms with Crippen molar-refractivity contribution in [3.63, 3.8) is 0 Å². The molecule has 1 heterocycles. The van der Waals surface area contributed by atoms with Gasteiger partial charge in [-0.25, -0.2) is 0 Å². The van der Waals surface area contributed by atoms with Crippen molar-refractivity contribution in [1.29, 1.82) is 0 Å². The molecule has 1 N–H and O–H groups in total. The Bertz CT molecular complexity index is 267. The molecule has 0 aliphatic heterocycles. The summed E-state index contributed by atoms with van der Waals surface area (Å²) in [5.74, 6) is 0. The lowest BCUT2D eigenvalue weighted by molar-refractivity contribution is 0.147. The molecular formula is C8H12N2O. The third-order valence-corrected chi connectivity index (χ3v) is 2.30. The first kappa shape index (κ1) is 6.85. The number of fused-ring (bicyclic) bond motifs is 1. The molecule has 1 aliphatic rings. The van der Waals surface area contributed by atoms with Crippen LogP contribution in [0.15, 0.2) is 6.20 Å². The molecule has 2 rings (SSSR count). The molecule has 0 bridgehead atoms. The highest BCUT2D eigenvalue weighted by atomic mass is 16.3. The molecule has 1 atom stereocenters. The second-order valence-electron chi connectivity index (χ2n) is 3.09. The zero-order chi connectivity index (χ0) is 7.84. The zero-order valence-corrected chi connectivity index (χ0v) is 6.62. The van der Waals surface area contributed by atoms with Gasteiger partial charge in [-0.2, -0.15) is 5.10 Å². The molecule has 11 heavy (non-hydrogen) atoms. The molecule has 0 saturated heterocycles. The van der Waals surface area contributed by atoms with Crippen LogP contribution in [0.1, 0.15) is 30.2 Å².